The summed E-state index contributed by atoms with van der Waals surface area (Å²) in [5, 5.41) is 5.15. The second kappa shape index (κ2) is 15.5. The molecular weight excluding hydrogens is 823 g/mol. The van der Waals surface area contributed by atoms with Crippen molar-refractivity contribution in [1.29, 1.82) is 0 Å². The van der Waals surface area contributed by atoms with Gasteiger partial charge in [-0.1, -0.05) is 121 Å². The molecule has 2 aromatic heterocycles. The highest BCUT2D eigenvalue weighted by Crippen LogP contribution is 2.56. The molecule has 9 aromatic rings. The van der Waals surface area contributed by atoms with Crippen molar-refractivity contribution in [3.8, 4) is 16.8 Å². The van der Waals surface area contributed by atoms with Crippen molar-refractivity contribution >= 4 is 66.3 Å². The van der Waals surface area contributed by atoms with Crippen LogP contribution in [0.15, 0.2) is 204 Å². The Labute approximate surface area is 399 Å². The maximum atomic E-state index is 2.58. The summed E-state index contributed by atoms with van der Waals surface area (Å²) in [6.45, 7) is 13.8. The smallest absolute Gasteiger partial charge is 0.0673 e. The molecule has 0 saturated heterocycles. The number of fused-ring (bicyclic) bond motifs is 9. The number of anilines is 2. The number of benzene rings is 7. The summed E-state index contributed by atoms with van der Waals surface area (Å²) in [6.07, 6.45) is 16.3. The average Bonchev–Trinajstić information content (AvgIpc) is 4.09. The minimum Gasteiger partial charge on any atom is -0.313 e. The monoisotopic (exact) mass is 877 g/mol. The van der Waals surface area contributed by atoms with Gasteiger partial charge >= 0.3 is 0 Å². The Balaban J connectivity index is 1.01. The molecule has 68 heavy (non-hydrogen) atoms. The Morgan fingerprint density at radius 3 is 1.82 bits per heavy atom. The summed E-state index contributed by atoms with van der Waals surface area (Å²) < 4.78 is 5.09. The maximum Gasteiger partial charge on any atom is 0.0673 e. The van der Waals surface area contributed by atoms with Crippen molar-refractivity contribution in [3.63, 3.8) is 0 Å². The Kier molecular flexibility index (Phi) is 9.24. The number of hydrogen-bond donors (Lipinski definition) is 0. The third-order valence-electron chi connectivity index (χ3n) is 15.8. The van der Waals surface area contributed by atoms with Crippen LogP contribution in [-0.2, 0) is 0 Å². The van der Waals surface area contributed by atoms with Gasteiger partial charge in [-0.3, -0.25) is 0 Å². The quantitative estimate of drug-likeness (QED) is 0.162. The first kappa shape index (κ1) is 40.6. The van der Waals surface area contributed by atoms with E-state index in [9.17, 15) is 0 Å². The van der Waals surface area contributed by atoms with Gasteiger partial charge in [-0.2, -0.15) is 0 Å². The lowest BCUT2D eigenvalue weighted by molar-refractivity contribution is 0.606. The largest absolute Gasteiger partial charge is 0.313 e. The normalized spacial score (nSPS) is 19.0. The van der Waals surface area contributed by atoms with Crippen LogP contribution in [0.25, 0.3) is 71.7 Å². The first-order chi connectivity index (χ1) is 33.2. The van der Waals surface area contributed by atoms with Crippen molar-refractivity contribution in [1.82, 2.24) is 9.13 Å². The molecule has 0 N–H and O–H groups in total. The fourth-order valence-electron chi connectivity index (χ4n) is 12.8. The van der Waals surface area contributed by atoms with E-state index < -0.39 is 0 Å². The first-order valence-corrected chi connectivity index (χ1v) is 24.6. The summed E-state index contributed by atoms with van der Waals surface area (Å²) in [5.41, 5.74) is 26.0. The van der Waals surface area contributed by atoms with Crippen LogP contribution in [0.4, 0.5) is 11.4 Å². The summed E-state index contributed by atoms with van der Waals surface area (Å²) in [4.78, 5) is 2.46. The van der Waals surface area contributed by atoms with Gasteiger partial charge in [0.2, 0.25) is 0 Å². The van der Waals surface area contributed by atoms with Crippen LogP contribution in [0, 0.1) is 19.8 Å². The molecule has 330 valence electrons. The SMILES string of the molecule is CC1=CCCC(C)=C1c1ccc2c(c1)c1cc(-c3ccc4c(c3)c3cc(C5C(C)=CC=CC5C)ccc3n4C3=CC=C4C3c3ccccc3N4c3ccccc3)ccc1n2-c1c(C)cccc1C. The van der Waals surface area contributed by atoms with Crippen molar-refractivity contribution in [2.45, 2.75) is 66.2 Å². The highest BCUT2D eigenvalue weighted by atomic mass is 15.2. The van der Waals surface area contributed by atoms with E-state index in [1.165, 1.54) is 133 Å². The van der Waals surface area contributed by atoms with Gasteiger partial charge in [0, 0.05) is 44.5 Å². The molecule has 3 heterocycles. The molecule has 0 saturated carbocycles. The van der Waals surface area contributed by atoms with Crippen LogP contribution in [0.5, 0.6) is 0 Å². The Bertz CT molecular complexity index is 3800. The summed E-state index contributed by atoms with van der Waals surface area (Å²) in [6, 6.07) is 55.4. The van der Waals surface area contributed by atoms with Crippen LogP contribution in [0.3, 0.4) is 0 Å². The number of nitrogens with zero attached hydrogens (tertiary/aromatic N) is 3. The lowest BCUT2D eigenvalue weighted by atomic mass is 9.79. The number of para-hydroxylation sites is 3. The van der Waals surface area contributed by atoms with Gasteiger partial charge in [0.05, 0.1) is 39.4 Å². The topological polar surface area (TPSA) is 13.1 Å². The van der Waals surface area contributed by atoms with E-state index in [2.05, 4.69) is 238 Å². The third-order valence-corrected chi connectivity index (χ3v) is 15.8. The number of aryl methyl sites for hydroxylation is 2. The standard InChI is InChI=1S/C65H55N3/c1-39-15-12-16-40(2)62(39)47-27-31-57-53(37-47)51-35-45(25-29-56(51)67(57)61-34-33-60-64(61)50-23-10-11-24-55(50)66(60)49-21-8-7-9-22-49)46-26-30-58-52(36-46)54-38-48(63-41(3)17-13-18-42(63)4)28-32-59(54)68(58)65-43(5)19-14-20-44(65)6/h7-12,14-17,19-39,62,64H,13,18H2,1-6H3. The van der Waals surface area contributed by atoms with E-state index in [4.69, 9.17) is 0 Å². The molecule has 3 unspecified atom stereocenters. The second-order valence-electron chi connectivity index (χ2n) is 19.9. The van der Waals surface area contributed by atoms with Crippen molar-refractivity contribution in [2.24, 2.45) is 5.92 Å². The van der Waals surface area contributed by atoms with E-state index in [1.54, 1.807) is 0 Å². The fourth-order valence-corrected chi connectivity index (χ4v) is 12.8. The second-order valence-corrected chi connectivity index (χ2v) is 19.9. The van der Waals surface area contributed by atoms with Gasteiger partial charge in [-0.25, -0.2) is 0 Å². The molecule has 0 radical (unpaired) electrons. The predicted molar refractivity (Wildman–Crippen MR) is 289 cm³/mol. The molecule has 0 amide bonds. The first-order valence-electron chi connectivity index (χ1n) is 24.6. The molecule has 7 aromatic carbocycles. The minimum absolute atomic E-state index is 0.104. The van der Waals surface area contributed by atoms with Crippen LogP contribution in [0.1, 0.15) is 80.2 Å². The number of aromatic nitrogens is 2. The van der Waals surface area contributed by atoms with Crippen molar-refractivity contribution in [2.75, 3.05) is 4.90 Å². The summed E-state index contributed by atoms with van der Waals surface area (Å²) >= 11 is 0. The summed E-state index contributed by atoms with van der Waals surface area (Å²) in [5.74, 6) is 0.855. The molecule has 3 nitrogen and oxygen atoms in total. The van der Waals surface area contributed by atoms with E-state index >= 15 is 0 Å². The van der Waals surface area contributed by atoms with Gasteiger partial charge in [0.25, 0.3) is 0 Å². The Hall–Kier alpha value is -7.62. The molecule has 0 fully saturated rings. The van der Waals surface area contributed by atoms with Crippen LogP contribution >= 0.6 is 0 Å². The molecular formula is C65H55N3. The minimum atomic E-state index is 0.104. The highest BCUT2D eigenvalue weighted by Gasteiger charge is 2.40. The van der Waals surface area contributed by atoms with Crippen LogP contribution in [0.2, 0.25) is 0 Å². The maximum absolute atomic E-state index is 2.58. The predicted octanol–water partition coefficient (Wildman–Crippen LogP) is 17.6. The van der Waals surface area contributed by atoms with E-state index in [0.29, 0.717) is 11.8 Å². The van der Waals surface area contributed by atoms with Gasteiger partial charge in [-0.15, -0.1) is 0 Å². The fraction of sp³-hybridized carbons (Fsp3) is 0.169. The zero-order chi connectivity index (χ0) is 45.9. The molecule has 13 rings (SSSR count). The zero-order valence-corrected chi connectivity index (χ0v) is 39.8. The van der Waals surface area contributed by atoms with Crippen LogP contribution < -0.4 is 4.90 Å². The summed E-state index contributed by atoms with van der Waals surface area (Å²) in [7, 11) is 0. The van der Waals surface area contributed by atoms with Gasteiger partial charge in [0.15, 0.2) is 0 Å². The molecule has 3 aliphatic carbocycles. The lowest BCUT2D eigenvalue weighted by Crippen LogP contribution is -2.13. The molecule has 0 bridgehead atoms. The molecule has 0 spiro atoms. The Morgan fingerprint density at radius 2 is 1.13 bits per heavy atom. The van der Waals surface area contributed by atoms with E-state index in [-0.39, 0.29) is 5.92 Å². The molecule has 3 heteroatoms. The van der Waals surface area contributed by atoms with E-state index in [1.807, 2.05) is 0 Å². The molecule has 4 aliphatic rings. The zero-order valence-electron chi connectivity index (χ0n) is 39.8. The third kappa shape index (κ3) is 6.04. The molecule has 3 atom stereocenters. The van der Waals surface area contributed by atoms with Crippen molar-refractivity contribution < 1.29 is 0 Å². The van der Waals surface area contributed by atoms with Gasteiger partial charge < -0.3 is 14.0 Å². The lowest BCUT2D eigenvalue weighted by Gasteiger charge is -2.26. The number of allylic oxidation sites excluding steroid dienone is 11. The highest BCUT2D eigenvalue weighted by molar-refractivity contribution is 6.14. The Morgan fingerprint density at radius 1 is 0.529 bits per heavy atom. The molecule has 1 aliphatic heterocycles. The number of hydrogen-bond acceptors (Lipinski definition) is 1. The van der Waals surface area contributed by atoms with Crippen LogP contribution in [-0.4, -0.2) is 9.13 Å². The number of rotatable bonds is 6. The average molecular weight is 878 g/mol. The van der Waals surface area contributed by atoms with Crippen molar-refractivity contribution in [3.05, 3.63) is 232 Å². The van der Waals surface area contributed by atoms with Gasteiger partial charge in [-0.05, 0) is 182 Å². The van der Waals surface area contributed by atoms with Gasteiger partial charge in [0.1, 0.15) is 0 Å². The van der Waals surface area contributed by atoms with E-state index in [0.717, 1.165) is 12.8 Å².